The molecular formula is C14H18N4O2. The molecule has 0 saturated carbocycles. The van der Waals surface area contributed by atoms with E-state index in [2.05, 4.69) is 14.9 Å². The summed E-state index contributed by atoms with van der Waals surface area (Å²) in [5.74, 6) is 0.592. The minimum atomic E-state index is -0.163. The summed E-state index contributed by atoms with van der Waals surface area (Å²) >= 11 is 0. The SMILES string of the molecule is CC1CN(c2nc3ccc(N)cc3c(=O)[nH]2)CC(C)O1. The van der Waals surface area contributed by atoms with Crippen LogP contribution < -0.4 is 16.2 Å². The minimum absolute atomic E-state index is 0.117. The highest BCUT2D eigenvalue weighted by atomic mass is 16.5. The summed E-state index contributed by atoms with van der Waals surface area (Å²) < 4.78 is 5.69. The third-order valence-electron chi connectivity index (χ3n) is 3.44. The molecule has 6 nitrogen and oxygen atoms in total. The highest BCUT2D eigenvalue weighted by Crippen LogP contribution is 2.18. The highest BCUT2D eigenvalue weighted by molar-refractivity contribution is 5.81. The van der Waals surface area contributed by atoms with Crippen molar-refractivity contribution < 1.29 is 4.74 Å². The number of fused-ring (bicyclic) bond motifs is 1. The van der Waals surface area contributed by atoms with E-state index in [1.807, 2.05) is 13.8 Å². The molecule has 2 aromatic rings. The van der Waals surface area contributed by atoms with Gasteiger partial charge in [0.15, 0.2) is 0 Å². The fraction of sp³-hybridized carbons (Fsp3) is 0.429. The Morgan fingerprint density at radius 1 is 1.35 bits per heavy atom. The third-order valence-corrected chi connectivity index (χ3v) is 3.44. The Morgan fingerprint density at radius 3 is 2.75 bits per heavy atom. The smallest absolute Gasteiger partial charge is 0.260 e. The standard InChI is InChI=1S/C14H18N4O2/c1-8-6-18(7-9(2)20-8)14-16-12-4-3-10(15)5-11(12)13(19)17-14/h3-5,8-9H,6-7,15H2,1-2H3,(H,16,17,19). The first-order valence-electron chi connectivity index (χ1n) is 6.73. The molecule has 0 amide bonds. The monoisotopic (exact) mass is 274 g/mol. The van der Waals surface area contributed by atoms with Gasteiger partial charge in [-0.25, -0.2) is 4.98 Å². The van der Waals surface area contributed by atoms with Gasteiger partial charge in [0.05, 0.1) is 23.1 Å². The van der Waals surface area contributed by atoms with Crippen LogP contribution in [-0.4, -0.2) is 35.3 Å². The number of aromatic nitrogens is 2. The number of nitrogens with one attached hydrogen (secondary N) is 1. The summed E-state index contributed by atoms with van der Waals surface area (Å²) in [4.78, 5) is 21.6. The number of nitrogen functional groups attached to an aromatic ring is 1. The molecule has 0 radical (unpaired) electrons. The predicted octanol–water partition coefficient (Wildman–Crippen LogP) is 1.12. The number of H-pyrrole nitrogens is 1. The molecule has 0 aliphatic carbocycles. The van der Waals surface area contributed by atoms with Gasteiger partial charge in [-0.2, -0.15) is 0 Å². The van der Waals surface area contributed by atoms with Crippen LogP contribution in [0.5, 0.6) is 0 Å². The van der Waals surface area contributed by atoms with Crippen LogP contribution in [0.3, 0.4) is 0 Å². The van der Waals surface area contributed by atoms with Gasteiger partial charge in [0.1, 0.15) is 0 Å². The summed E-state index contributed by atoms with van der Waals surface area (Å²) in [6, 6.07) is 5.18. The van der Waals surface area contributed by atoms with Crippen LogP contribution in [0.1, 0.15) is 13.8 Å². The maximum atomic E-state index is 12.1. The van der Waals surface area contributed by atoms with Crippen LogP contribution >= 0.6 is 0 Å². The van der Waals surface area contributed by atoms with E-state index in [0.717, 1.165) is 0 Å². The minimum Gasteiger partial charge on any atom is -0.399 e. The largest absolute Gasteiger partial charge is 0.399 e. The van der Waals surface area contributed by atoms with Crippen LogP contribution in [0.25, 0.3) is 10.9 Å². The molecule has 1 aliphatic rings. The van der Waals surface area contributed by atoms with Crippen molar-refractivity contribution in [1.29, 1.82) is 0 Å². The lowest BCUT2D eigenvalue weighted by Gasteiger charge is -2.35. The third kappa shape index (κ3) is 2.34. The van der Waals surface area contributed by atoms with E-state index in [1.165, 1.54) is 0 Å². The quantitative estimate of drug-likeness (QED) is 0.761. The van der Waals surface area contributed by atoms with Gasteiger partial charge in [-0.05, 0) is 32.0 Å². The van der Waals surface area contributed by atoms with E-state index in [0.29, 0.717) is 35.6 Å². The number of nitrogens with two attached hydrogens (primary N) is 1. The summed E-state index contributed by atoms with van der Waals surface area (Å²) in [6.07, 6.45) is 0.234. The zero-order valence-corrected chi connectivity index (χ0v) is 11.6. The molecule has 0 bridgehead atoms. The fourth-order valence-electron chi connectivity index (χ4n) is 2.64. The van der Waals surface area contributed by atoms with Gasteiger partial charge in [-0.3, -0.25) is 9.78 Å². The molecule has 1 aromatic heterocycles. The lowest BCUT2D eigenvalue weighted by atomic mass is 10.2. The molecule has 106 valence electrons. The normalized spacial score (nSPS) is 23.2. The number of morpholine rings is 1. The molecule has 3 N–H and O–H groups in total. The molecule has 6 heteroatoms. The van der Waals surface area contributed by atoms with E-state index in [4.69, 9.17) is 10.5 Å². The number of aromatic amines is 1. The van der Waals surface area contributed by atoms with Gasteiger partial charge in [0, 0.05) is 18.8 Å². The maximum Gasteiger partial charge on any atom is 0.260 e. The number of benzene rings is 1. The first-order valence-corrected chi connectivity index (χ1v) is 6.73. The summed E-state index contributed by atoms with van der Waals surface area (Å²) in [7, 11) is 0. The van der Waals surface area contributed by atoms with Gasteiger partial charge >= 0.3 is 0 Å². The van der Waals surface area contributed by atoms with Gasteiger partial charge < -0.3 is 15.4 Å². The predicted molar refractivity (Wildman–Crippen MR) is 79.0 cm³/mol. The van der Waals surface area contributed by atoms with Crippen molar-refractivity contribution in [3.05, 3.63) is 28.6 Å². The molecule has 2 heterocycles. The topological polar surface area (TPSA) is 84.2 Å². The van der Waals surface area contributed by atoms with Crippen LogP contribution in [0.4, 0.5) is 11.6 Å². The Labute approximate surface area is 116 Å². The van der Waals surface area contributed by atoms with Gasteiger partial charge in [0.25, 0.3) is 5.56 Å². The maximum absolute atomic E-state index is 12.1. The number of ether oxygens (including phenoxy) is 1. The molecule has 3 rings (SSSR count). The summed E-state index contributed by atoms with van der Waals surface area (Å²) in [6.45, 7) is 5.46. The van der Waals surface area contributed by atoms with E-state index >= 15 is 0 Å². The van der Waals surface area contributed by atoms with Crippen molar-refractivity contribution in [3.63, 3.8) is 0 Å². The molecule has 2 atom stereocenters. The number of rotatable bonds is 1. The van der Waals surface area contributed by atoms with E-state index in [1.54, 1.807) is 18.2 Å². The first-order chi connectivity index (χ1) is 9.52. The van der Waals surface area contributed by atoms with Gasteiger partial charge in [-0.15, -0.1) is 0 Å². The number of hydrogen-bond donors (Lipinski definition) is 2. The van der Waals surface area contributed by atoms with Crippen LogP contribution in [-0.2, 0) is 4.74 Å². The van der Waals surface area contributed by atoms with Gasteiger partial charge in [-0.1, -0.05) is 0 Å². The second-order valence-corrected chi connectivity index (χ2v) is 5.33. The summed E-state index contributed by atoms with van der Waals surface area (Å²) in [5.41, 5.74) is 6.76. The van der Waals surface area contributed by atoms with E-state index < -0.39 is 0 Å². The van der Waals surface area contributed by atoms with Crippen LogP contribution in [0, 0.1) is 0 Å². The number of nitrogens with zero attached hydrogens (tertiary/aromatic N) is 2. The Balaban J connectivity index is 2.04. The molecule has 20 heavy (non-hydrogen) atoms. The molecule has 1 fully saturated rings. The zero-order valence-electron chi connectivity index (χ0n) is 11.6. The molecule has 1 aliphatic heterocycles. The van der Waals surface area contributed by atoms with E-state index in [-0.39, 0.29) is 17.8 Å². The fourth-order valence-corrected chi connectivity index (χ4v) is 2.64. The van der Waals surface area contributed by atoms with Crippen LogP contribution in [0.15, 0.2) is 23.0 Å². The van der Waals surface area contributed by atoms with Gasteiger partial charge in [0.2, 0.25) is 5.95 Å². The average molecular weight is 274 g/mol. The Morgan fingerprint density at radius 2 is 2.05 bits per heavy atom. The zero-order chi connectivity index (χ0) is 14.3. The number of anilines is 2. The molecule has 0 spiro atoms. The average Bonchev–Trinajstić information content (AvgIpc) is 2.38. The lowest BCUT2D eigenvalue weighted by molar-refractivity contribution is -0.00571. The molecule has 1 aromatic carbocycles. The second kappa shape index (κ2) is 4.79. The number of hydrogen-bond acceptors (Lipinski definition) is 5. The summed E-state index contributed by atoms with van der Waals surface area (Å²) in [5, 5.41) is 0.517. The highest BCUT2D eigenvalue weighted by Gasteiger charge is 2.24. The molecule has 2 unspecified atom stereocenters. The van der Waals surface area contributed by atoms with Crippen molar-refractivity contribution in [2.45, 2.75) is 26.1 Å². The van der Waals surface area contributed by atoms with Crippen molar-refractivity contribution in [2.75, 3.05) is 23.7 Å². The first kappa shape index (κ1) is 12.9. The van der Waals surface area contributed by atoms with E-state index in [9.17, 15) is 4.79 Å². The van der Waals surface area contributed by atoms with Crippen molar-refractivity contribution in [1.82, 2.24) is 9.97 Å². The Kier molecular flexibility index (Phi) is 3.10. The van der Waals surface area contributed by atoms with Crippen molar-refractivity contribution in [2.24, 2.45) is 0 Å². The van der Waals surface area contributed by atoms with Crippen molar-refractivity contribution >= 4 is 22.5 Å². The Bertz CT molecular complexity index is 687. The molecule has 1 saturated heterocycles. The molecular weight excluding hydrogens is 256 g/mol. The Hall–Kier alpha value is -2.08. The lowest BCUT2D eigenvalue weighted by Crippen LogP contribution is -2.46. The second-order valence-electron chi connectivity index (χ2n) is 5.33. The van der Waals surface area contributed by atoms with Crippen molar-refractivity contribution in [3.8, 4) is 0 Å². The van der Waals surface area contributed by atoms with Crippen LogP contribution in [0.2, 0.25) is 0 Å².